The van der Waals surface area contributed by atoms with E-state index in [4.69, 9.17) is 4.74 Å². The minimum Gasteiger partial charge on any atom is -0.444 e. The van der Waals surface area contributed by atoms with E-state index in [0.29, 0.717) is 11.6 Å². The van der Waals surface area contributed by atoms with Crippen LogP contribution in [0.2, 0.25) is 0 Å². The van der Waals surface area contributed by atoms with E-state index in [-0.39, 0.29) is 12.6 Å². The van der Waals surface area contributed by atoms with Crippen LogP contribution in [0.5, 0.6) is 0 Å². The highest BCUT2D eigenvalue weighted by Gasteiger charge is 2.25. The number of nitrogens with zero attached hydrogens (tertiary/aromatic N) is 5. The summed E-state index contributed by atoms with van der Waals surface area (Å²) in [7, 11) is 0. The number of carbonyl (C=O) groups is 1. The average molecular weight is 343 g/mol. The second-order valence-corrected chi connectivity index (χ2v) is 7.21. The van der Waals surface area contributed by atoms with Crippen LogP contribution in [0, 0.1) is 6.92 Å². The first-order valence-corrected chi connectivity index (χ1v) is 8.28. The minimum atomic E-state index is -0.559. The Bertz CT molecular complexity index is 706. The fourth-order valence-electron chi connectivity index (χ4n) is 2.06. The van der Waals surface area contributed by atoms with E-state index in [1.54, 1.807) is 4.90 Å². The summed E-state index contributed by atoms with van der Waals surface area (Å²) >= 11 is 0. The van der Waals surface area contributed by atoms with Gasteiger partial charge in [0.2, 0.25) is 5.82 Å². The molecule has 0 radical (unpaired) electrons. The topological polar surface area (TPSA) is 81.1 Å². The zero-order valence-corrected chi connectivity index (χ0v) is 15.6. The van der Waals surface area contributed by atoms with Gasteiger partial charge in [-0.3, -0.25) is 4.90 Å². The van der Waals surface area contributed by atoms with Gasteiger partial charge in [-0.15, -0.1) is 20.4 Å². The molecule has 0 spiro atoms. The third-order valence-electron chi connectivity index (χ3n) is 3.39. The largest absolute Gasteiger partial charge is 0.444 e. The number of amides is 1. The predicted octanol–water partition coefficient (Wildman–Crippen LogP) is 3.39. The van der Waals surface area contributed by atoms with Crippen LogP contribution >= 0.6 is 0 Å². The average Bonchev–Trinajstić information content (AvgIpc) is 2.52. The summed E-state index contributed by atoms with van der Waals surface area (Å²) in [6.45, 7) is 11.5. The van der Waals surface area contributed by atoms with Crippen LogP contribution in [0.15, 0.2) is 24.3 Å². The number of carbonyl (C=O) groups excluding carboxylic acids is 1. The summed E-state index contributed by atoms with van der Waals surface area (Å²) in [5, 5.41) is 16.5. The Balaban J connectivity index is 2.12. The maximum absolute atomic E-state index is 12.3. The van der Waals surface area contributed by atoms with Gasteiger partial charge in [-0.1, -0.05) is 29.8 Å². The molecular formula is C18H25N5O2. The lowest BCUT2D eigenvalue weighted by atomic mass is 10.1. The van der Waals surface area contributed by atoms with Gasteiger partial charge in [-0.2, -0.15) is 0 Å². The molecule has 0 aliphatic rings. The maximum Gasteiger partial charge on any atom is 0.410 e. The lowest BCUT2D eigenvalue weighted by Gasteiger charge is -2.29. The molecular weight excluding hydrogens is 318 g/mol. The molecule has 0 saturated carbocycles. The van der Waals surface area contributed by atoms with Crippen molar-refractivity contribution >= 4 is 6.09 Å². The van der Waals surface area contributed by atoms with E-state index in [1.165, 1.54) is 0 Å². The molecule has 0 N–H and O–H groups in total. The zero-order valence-electron chi connectivity index (χ0n) is 15.6. The lowest BCUT2D eigenvalue weighted by Crippen LogP contribution is -2.41. The van der Waals surface area contributed by atoms with Crippen molar-refractivity contribution in [2.45, 2.75) is 59.7 Å². The number of rotatable bonds is 4. The summed E-state index contributed by atoms with van der Waals surface area (Å²) < 4.78 is 5.43. The molecule has 2 rings (SSSR count). The molecule has 1 aromatic heterocycles. The molecule has 7 heteroatoms. The second-order valence-electron chi connectivity index (χ2n) is 7.21. The molecule has 0 aliphatic carbocycles. The second kappa shape index (κ2) is 7.55. The summed E-state index contributed by atoms with van der Waals surface area (Å²) in [5.41, 5.74) is 1.45. The van der Waals surface area contributed by atoms with Gasteiger partial charge < -0.3 is 4.74 Å². The fraction of sp³-hybridized carbons (Fsp3) is 0.500. The molecule has 0 aliphatic heterocycles. The zero-order chi connectivity index (χ0) is 18.6. The van der Waals surface area contributed by atoms with Gasteiger partial charge >= 0.3 is 6.09 Å². The Morgan fingerprint density at radius 2 is 1.64 bits per heavy atom. The Kier molecular flexibility index (Phi) is 5.66. The number of hydrogen-bond acceptors (Lipinski definition) is 6. The predicted molar refractivity (Wildman–Crippen MR) is 94.7 cm³/mol. The molecule has 7 nitrogen and oxygen atoms in total. The van der Waals surface area contributed by atoms with Crippen molar-refractivity contribution in [1.29, 1.82) is 0 Å². The smallest absolute Gasteiger partial charge is 0.410 e. The molecule has 0 atom stereocenters. The van der Waals surface area contributed by atoms with Gasteiger partial charge in [-0.25, -0.2) is 4.79 Å². The monoisotopic (exact) mass is 343 g/mol. The third-order valence-corrected chi connectivity index (χ3v) is 3.39. The first-order valence-electron chi connectivity index (χ1n) is 8.28. The lowest BCUT2D eigenvalue weighted by molar-refractivity contribution is 0.0165. The molecule has 0 fully saturated rings. The van der Waals surface area contributed by atoms with Crippen LogP contribution in [0.3, 0.4) is 0 Å². The SMILES string of the molecule is Cc1ccc(-c2nnc(CN(C(=O)OC(C)(C)C)C(C)C)nn2)cc1. The standard InChI is InChI=1S/C18H25N5O2/c1-12(2)23(17(24)25-18(4,5)6)11-15-19-21-16(22-20-15)14-9-7-13(3)8-10-14/h7-10,12H,11H2,1-6H3. The highest BCUT2D eigenvalue weighted by atomic mass is 16.6. The first kappa shape index (κ1) is 18.8. The molecule has 0 saturated heterocycles. The first-order chi connectivity index (χ1) is 11.7. The van der Waals surface area contributed by atoms with Crippen LogP contribution in [0.4, 0.5) is 4.79 Å². The molecule has 25 heavy (non-hydrogen) atoms. The highest BCUT2D eigenvalue weighted by Crippen LogP contribution is 2.15. The summed E-state index contributed by atoms with van der Waals surface area (Å²) in [6.07, 6.45) is -0.409. The number of aromatic nitrogens is 4. The highest BCUT2D eigenvalue weighted by molar-refractivity contribution is 5.68. The third kappa shape index (κ3) is 5.48. The van der Waals surface area contributed by atoms with E-state index in [0.717, 1.165) is 11.1 Å². The van der Waals surface area contributed by atoms with E-state index < -0.39 is 11.7 Å². The Morgan fingerprint density at radius 3 is 2.12 bits per heavy atom. The molecule has 134 valence electrons. The molecule has 1 aromatic carbocycles. The van der Waals surface area contributed by atoms with Crippen LogP contribution in [-0.2, 0) is 11.3 Å². The van der Waals surface area contributed by atoms with Crippen LogP contribution < -0.4 is 0 Å². The number of ether oxygens (including phenoxy) is 1. The van der Waals surface area contributed by atoms with Crippen molar-refractivity contribution < 1.29 is 9.53 Å². The van der Waals surface area contributed by atoms with Crippen molar-refractivity contribution in [2.75, 3.05) is 0 Å². The van der Waals surface area contributed by atoms with Crippen LogP contribution in [0.1, 0.15) is 46.0 Å². The van der Waals surface area contributed by atoms with E-state index in [9.17, 15) is 4.79 Å². The summed E-state index contributed by atoms with van der Waals surface area (Å²) in [5.74, 6) is 0.826. The van der Waals surface area contributed by atoms with Crippen LogP contribution in [-0.4, -0.2) is 43.0 Å². The number of benzene rings is 1. The molecule has 2 aromatic rings. The maximum atomic E-state index is 12.3. The Hall–Kier alpha value is -2.57. The fourth-order valence-corrected chi connectivity index (χ4v) is 2.06. The Labute approximate surface area is 148 Å². The van der Waals surface area contributed by atoms with E-state index in [2.05, 4.69) is 20.4 Å². The van der Waals surface area contributed by atoms with Gasteiger partial charge in [0.15, 0.2) is 5.82 Å². The van der Waals surface area contributed by atoms with Gasteiger partial charge in [0.25, 0.3) is 0 Å². The van der Waals surface area contributed by atoms with Crippen molar-refractivity contribution in [3.05, 3.63) is 35.7 Å². The molecule has 1 amide bonds. The van der Waals surface area contributed by atoms with E-state index >= 15 is 0 Å². The van der Waals surface area contributed by atoms with Crippen molar-refractivity contribution in [3.8, 4) is 11.4 Å². The summed E-state index contributed by atoms with van der Waals surface area (Å²) in [4.78, 5) is 13.9. The van der Waals surface area contributed by atoms with Crippen molar-refractivity contribution in [1.82, 2.24) is 25.3 Å². The van der Waals surface area contributed by atoms with Crippen molar-refractivity contribution in [3.63, 3.8) is 0 Å². The minimum absolute atomic E-state index is 0.0600. The van der Waals surface area contributed by atoms with Gasteiger partial charge in [0, 0.05) is 11.6 Å². The van der Waals surface area contributed by atoms with Gasteiger partial charge in [0.1, 0.15) is 5.60 Å². The van der Waals surface area contributed by atoms with Crippen molar-refractivity contribution in [2.24, 2.45) is 0 Å². The molecule has 1 heterocycles. The summed E-state index contributed by atoms with van der Waals surface area (Å²) in [6, 6.07) is 7.75. The number of hydrogen-bond donors (Lipinski definition) is 0. The quantitative estimate of drug-likeness (QED) is 0.846. The van der Waals surface area contributed by atoms with E-state index in [1.807, 2.05) is 65.8 Å². The van der Waals surface area contributed by atoms with Gasteiger partial charge in [0.05, 0.1) is 6.54 Å². The van der Waals surface area contributed by atoms with Crippen LogP contribution in [0.25, 0.3) is 11.4 Å². The van der Waals surface area contributed by atoms with Gasteiger partial charge in [-0.05, 0) is 41.5 Å². The molecule has 0 bridgehead atoms. The normalized spacial score (nSPS) is 11.5. The number of aryl methyl sites for hydroxylation is 1. The Morgan fingerprint density at radius 1 is 1.08 bits per heavy atom. The molecule has 0 unspecified atom stereocenters.